The number of hydrogen-bond acceptors (Lipinski definition) is 4. The number of hydrogen-bond donors (Lipinski definition) is 3. The SMILES string of the molecule is NCC1(C(=O)Nc2cnn(CC(N)=O)c2)CCCC1. The molecule has 2 rings (SSSR count). The normalized spacial score (nSPS) is 17.3. The lowest BCUT2D eigenvalue weighted by atomic mass is 9.85. The zero-order valence-electron chi connectivity index (χ0n) is 10.8. The smallest absolute Gasteiger partial charge is 0.239 e. The van der Waals surface area contributed by atoms with Crippen molar-refractivity contribution in [2.45, 2.75) is 32.2 Å². The largest absolute Gasteiger partial charge is 0.368 e. The van der Waals surface area contributed by atoms with Crippen molar-refractivity contribution in [3.8, 4) is 0 Å². The lowest BCUT2D eigenvalue weighted by molar-refractivity contribution is -0.124. The van der Waals surface area contributed by atoms with E-state index in [0.717, 1.165) is 25.7 Å². The summed E-state index contributed by atoms with van der Waals surface area (Å²) >= 11 is 0. The van der Waals surface area contributed by atoms with Crippen LogP contribution in [0.15, 0.2) is 12.4 Å². The van der Waals surface area contributed by atoms with E-state index in [1.807, 2.05) is 0 Å². The van der Waals surface area contributed by atoms with Gasteiger partial charge in [0.15, 0.2) is 0 Å². The Balaban J connectivity index is 2.02. The van der Waals surface area contributed by atoms with Crippen molar-refractivity contribution in [2.75, 3.05) is 11.9 Å². The van der Waals surface area contributed by atoms with E-state index in [0.29, 0.717) is 12.2 Å². The van der Waals surface area contributed by atoms with Crippen molar-refractivity contribution in [3.05, 3.63) is 12.4 Å². The molecule has 1 fully saturated rings. The number of rotatable bonds is 5. The Morgan fingerprint density at radius 2 is 2.11 bits per heavy atom. The van der Waals surface area contributed by atoms with Gasteiger partial charge in [-0.1, -0.05) is 12.8 Å². The lowest BCUT2D eigenvalue weighted by Crippen LogP contribution is -2.40. The Hall–Kier alpha value is -1.89. The first kappa shape index (κ1) is 13.5. The van der Waals surface area contributed by atoms with Crippen molar-refractivity contribution < 1.29 is 9.59 Å². The molecule has 0 bridgehead atoms. The fraction of sp³-hybridized carbons (Fsp3) is 0.583. The molecule has 2 amide bonds. The third-order valence-electron chi connectivity index (χ3n) is 3.64. The number of nitrogens with one attached hydrogen (secondary N) is 1. The van der Waals surface area contributed by atoms with Gasteiger partial charge in [-0.25, -0.2) is 0 Å². The molecule has 104 valence electrons. The Bertz CT molecular complexity index is 476. The summed E-state index contributed by atoms with van der Waals surface area (Å²) in [6, 6.07) is 0. The molecule has 0 aliphatic heterocycles. The van der Waals surface area contributed by atoms with Gasteiger partial charge in [0, 0.05) is 12.7 Å². The lowest BCUT2D eigenvalue weighted by Gasteiger charge is -2.25. The molecule has 0 unspecified atom stereocenters. The second-order valence-electron chi connectivity index (χ2n) is 5.04. The minimum Gasteiger partial charge on any atom is -0.368 e. The van der Waals surface area contributed by atoms with Crippen LogP contribution in [0.5, 0.6) is 0 Å². The molecule has 0 radical (unpaired) electrons. The topological polar surface area (TPSA) is 116 Å². The van der Waals surface area contributed by atoms with Crippen molar-refractivity contribution in [1.29, 1.82) is 0 Å². The van der Waals surface area contributed by atoms with E-state index < -0.39 is 11.3 Å². The molecule has 7 nitrogen and oxygen atoms in total. The summed E-state index contributed by atoms with van der Waals surface area (Å²) in [6.45, 7) is 0.353. The highest BCUT2D eigenvalue weighted by Gasteiger charge is 2.39. The highest BCUT2D eigenvalue weighted by Crippen LogP contribution is 2.38. The van der Waals surface area contributed by atoms with E-state index in [4.69, 9.17) is 11.5 Å². The van der Waals surface area contributed by atoms with Gasteiger partial charge in [0.1, 0.15) is 6.54 Å². The predicted octanol–water partition coefficient (Wildman–Crippen LogP) is -0.174. The van der Waals surface area contributed by atoms with E-state index in [9.17, 15) is 9.59 Å². The molecule has 1 aromatic rings. The van der Waals surface area contributed by atoms with E-state index in [1.54, 1.807) is 6.20 Å². The van der Waals surface area contributed by atoms with Crippen molar-refractivity contribution in [3.63, 3.8) is 0 Å². The Labute approximate surface area is 111 Å². The third-order valence-corrected chi connectivity index (χ3v) is 3.64. The second kappa shape index (κ2) is 5.40. The molecule has 1 aromatic heterocycles. The number of carbonyl (C=O) groups is 2. The first-order chi connectivity index (χ1) is 9.05. The monoisotopic (exact) mass is 265 g/mol. The van der Waals surface area contributed by atoms with Gasteiger partial charge < -0.3 is 16.8 Å². The standard InChI is InChI=1S/C12H19N5O2/c13-8-12(3-1-2-4-12)11(19)16-9-5-15-17(6-9)7-10(14)18/h5-6H,1-4,7-8,13H2,(H2,14,18)(H,16,19). The number of aromatic nitrogens is 2. The number of carbonyl (C=O) groups excluding carboxylic acids is 2. The molecule has 1 heterocycles. The van der Waals surface area contributed by atoms with Crippen molar-refractivity contribution >= 4 is 17.5 Å². The highest BCUT2D eigenvalue weighted by atomic mass is 16.2. The zero-order chi connectivity index (χ0) is 13.9. The Kier molecular flexibility index (Phi) is 3.84. The van der Waals surface area contributed by atoms with Crippen LogP contribution in [0, 0.1) is 5.41 Å². The predicted molar refractivity (Wildman–Crippen MR) is 70.0 cm³/mol. The van der Waals surface area contributed by atoms with Gasteiger partial charge >= 0.3 is 0 Å². The van der Waals surface area contributed by atoms with Gasteiger partial charge in [-0.2, -0.15) is 5.10 Å². The van der Waals surface area contributed by atoms with Crippen molar-refractivity contribution in [1.82, 2.24) is 9.78 Å². The van der Waals surface area contributed by atoms with Crippen LogP contribution >= 0.6 is 0 Å². The molecule has 1 saturated carbocycles. The average molecular weight is 265 g/mol. The summed E-state index contributed by atoms with van der Waals surface area (Å²) in [5, 5.41) is 6.77. The summed E-state index contributed by atoms with van der Waals surface area (Å²) in [6.07, 6.45) is 6.80. The fourth-order valence-electron chi connectivity index (χ4n) is 2.51. The maximum Gasteiger partial charge on any atom is 0.239 e. The number of primary amides is 1. The number of nitrogens with zero attached hydrogens (tertiary/aromatic N) is 2. The number of nitrogens with two attached hydrogens (primary N) is 2. The molecule has 0 saturated heterocycles. The Morgan fingerprint density at radius 3 is 2.68 bits per heavy atom. The van der Waals surface area contributed by atoms with Gasteiger partial charge in [-0.05, 0) is 12.8 Å². The first-order valence-corrected chi connectivity index (χ1v) is 6.38. The van der Waals surface area contributed by atoms with Crippen LogP contribution in [-0.4, -0.2) is 28.1 Å². The van der Waals surface area contributed by atoms with Gasteiger partial charge in [-0.3, -0.25) is 14.3 Å². The molecule has 1 aliphatic rings. The maximum absolute atomic E-state index is 12.3. The zero-order valence-corrected chi connectivity index (χ0v) is 10.8. The van der Waals surface area contributed by atoms with Crippen LogP contribution in [0.1, 0.15) is 25.7 Å². The van der Waals surface area contributed by atoms with Crippen LogP contribution in [0.4, 0.5) is 5.69 Å². The van der Waals surface area contributed by atoms with Crippen LogP contribution < -0.4 is 16.8 Å². The second-order valence-corrected chi connectivity index (χ2v) is 5.04. The highest BCUT2D eigenvalue weighted by molar-refractivity contribution is 5.95. The Morgan fingerprint density at radius 1 is 1.42 bits per heavy atom. The molecule has 0 atom stereocenters. The molecule has 5 N–H and O–H groups in total. The molecule has 19 heavy (non-hydrogen) atoms. The van der Waals surface area contributed by atoms with Gasteiger partial charge in [0.25, 0.3) is 0 Å². The minimum absolute atomic E-state index is 0.00208. The molecule has 0 spiro atoms. The molecule has 0 aromatic carbocycles. The summed E-state index contributed by atoms with van der Waals surface area (Å²) in [4.78, 5) is 23.0. The molecule has 1 aliphatic carbocycles. The van der Waals surface area contributed by atoms with Crippen LogP contribution in [-0.2, 0) is 16.1 Å². The van der Waals surface area contributed by atoms with Crippen LogP contribution in [0.25, 0.3) is 0 Å². The van der Waals surface area contributed by atoms with E-state index in [2.05, 4.69) is 10.4 Å². The summed E-state index contributed by atoms with van der Waals surface area (Å²) in [7, 11) is 0. The molecular formula is C12H19N5O2. The van der Waals surface area contributed by atoms with Crippen LogP contribution in [0.3, 0.4) is 0 Å². The number of amides is 2. The first-order valence-electron chi connectivity index (χ1n) is 6.38. The summed E-state index contributed by atoms with van der Waals surface area (Å²) in [5.74, 6) is -0.540. The quantitative estimate of drug-likeness (QED) is 0.685. The van der Waals surface area contributed by atoms with Gasteiger partial charge in [0.05, 0.1) is 17.3 Å². The van der Waals surface area contributed by atoms with E-state index in [1.165, 1.54) is 10.9 Å². The molecule has 7 heteroatoms. The van der Waals surface area contributed by atoms with Crippen molar-refractivity contribution in [2.24, 2.45) is 16.9 Å². The maximum atomic E-state index is 12.3. The van der Waals surface area contributed by atoms with Gasteiger partial charge in [0.2, 0.25) is 11.8 Å². The summed E-state index contributed by atoms with van der Waals surface area (Å²) in [5.41, 5.74) is 10.9. The number of anilines is 1. The summed E-state index contributed by atoms with van der Waals surface area (Å²) < 4.78 is 1.39. The van der Waals surface area contributed by atoms with E-state index in [-0.39, 0.29) is 12.5 Å². The van der Waals surface area contributed by atoms with Crippen LogP contribution in [0.2, 0.25) is 0 Å². The van der Waals surface area contributed by atoms with Gasteiger partial charge in [-0.15, -0.1) is 0 Å². The molecular weight excluding hydrogens is 246 g/mol. The third kappa shape index (κ3) is 2.93. The van der Waals surface area contributed by atoms with E-state index >= 15 is 0 Å². The average Bonchev–Trinajstić information content (AvgIpc) is 2.98. The minimum atomic E-state index is -0.477. The fourth-order valence-corrected chi connectivity index (χ4v) is 2.51.